The molecule has 0 aliphatic heterocycles. The van der Waals surface area contributed by atoms with Crippen molar-refractivity contribution in [1.82, 2.24) is 4.90 Å². The molecule has 1 atom stereocenters. The molecule has 0 aliphatic rings. The molecule has 0 radical (unpaired) electrons. The molecule has 0 aromatic carbocycles. The number of unbranched alkanes of at least 4 members (excludes halogenated alkanes) is 3. The van der Waals surface area contributed by atoms with Crippen LogP contribution in [0.15, 0.2) is 0 Å². The second-order valence-corrected chi connectivity index (χ2v) is 4.08. The van der Waals surface area contributed by atoms with Crippen LogP contribution in [0.5, 0.6) is 0 Å². The Balaban J connectivity index is 3.88. The molecule has 90 valence electrons. The van der Waals surface area contributed by atoms with E-state index in [0.717, 1.165) is 12.8 Å². The van der Waals surface area contributed by atoms with Gasteiger partial charge in [-0.2, -0.15) is 0 Å². The average molecular weight is 215 g/mol. The van der Waals surface area contributed by atoms with Gasteiger partial charge in [0.2, 0.25) is 0 Å². The number of hydrogen-bond donors (Lipinski definition) is 0. The first kappa shape index (κ1) is 14.4. The van der Waals surface area contributed by atoms with E-state index in [2.05, 4.69) is 6.92 Å². The largest absolute Gasteiger partial charge is 0.465 e. The summed E-state index contributed by atoms with van der Waals surface area (Å²) in [6.45, 7) is 4.51. The first-order valence-electron chi connectivity index (χ1n) is 5.96. The highest BCUT2D eigenvalue weighted by Gasteiger charge is 2.20. The van der Waals surface area contributed by atoms with Crippen LogP contribution in [0, 0.1) is 0 Å². The fraction of sp³-hybridized carbons (Fsp3) is 0.917. The highest BCUT2D eigenvalue weighted by Crippen LogP contribution is 2.10. The smallest absolute Gasteiger partial charge is 0.323 e. The number of esters is 1. The Hall–Kier alpha value is -0.570. The quantitative estimate of drug-likeness (QED) is 0.460. The van der Waals surface area contributed by atoms with Gasteiger partial charge in [-0.3, -0.25) is 9.69 Å². The van der Waals surface area contributed by atoms with Crippen LogP contribution in [0.25, 0.3) is 0 Å². The van der Waals surface area contributed by atoms with Crippen molar-refractivity contribution in [3.05, 3.63) is 0 Å². The van der Waals surface area contributed by atoms with Crippen LogP contribution >= 0.6 is 0 Å². The molecular formula is C12H25NO2. The van der Waals surface area contributed by atoms with Crippen molar-refractivity contribution >= 4 is 5.97 Å². The lowest BCUT2D eigenvalue weighted by atomic mass is 10.1. The maximum Gasteiger partial charge on any atom is 0.323 e. The molecule has 0 saturated heterocycles. The molecule has 0 saturated carbocycles. The number of likely N-dealkylation sites (N-methyl/N-ethyl adjacent to an activating group) is 1. The number of ether oxygens (including phenoxy) is 1. The Morgan fingerprint density at radius 3 is 2.33 bits per heavy atom. The molecule has 0 aromatic rings. The summed E-state index contributed by atoms with van der Waals surface area (Å²) in [6.07, 6.45) is 5.70. The molecular weight excluding hydrogens is 190 g/mol. The lowest BCUT2D eigenvalue weighted by molar-refractivity contribution is -0.148. The van der Waals surface area contributed by atoms with Crippen molar-refractivity contribution in [3.8, 4) is 0 Å². The lowest BCUT2D eigenvalue weighted by Gasteiger charge is -2.22. The monoisotopic (exact) mass is 215 g/mol. The predicted octanol–water partition coefficient (Wildman–Crippen LogP) is 2.45. The molecule has 0 spiro atoms. The third kappa shape index (κ3) is 6.50. The fourth-order valence-corrected chi connectivity index (χ4v) is 1.59. The zero-order valence-corrected chi connectivity index (χ0v) is 10.6. The van der Waals surface area contributed by atoms with E-state index >= 15 is 0 Å². The van der Waals surface area contributed by atoms with Gasteiger partial charge in [0.25, 0.3) is 0 Å². The summed E-state index contributed by atoms with van der Waals surface area (Å²) in [5, 5.41) is 0. The van der Waals surface area contributed by atoms with Crippen molar-refractivity contribution in [2.24, 2.45) is 0 Å². The molecule has 0 aromatic heterocycles. The predicted molar refractivity (Wildman–Crippen MR) is 62.9 cm³/mol. The number of carbonyl (C=O) groups is 1. The molecule has 0 aliphatic carbocycles. The van der Waals surface area contributed by atoms with Gasteiger partial charge in [0.15, 0.2) is 0 Å². The van der Waals surface area contributed by atoms with Gasteiger partial charge in [-0.25, -0.2) is 0 Å². The van der Waals surface area contributed by atoms with Gasteiger partial charge in [-0.15, -0.1) is 0 Å². The normalized spacial score (nSPS) is 12.9. The maximum absolute atomic E-state index is 11.6. The van der Waals surface area contributed by atoms with Gasteiger partial charge in [-0.1, -0.05) is 32.6 Å². The highest BCUT2D eigenvalue weighted by molar-refractivity contribution is 5.75. The lowest BCUT2D eigenvalue weighted by Crippen LogP contribution is -2.37. The van der Waals surface area contributed by atoms with E-state index in [9.17, 15) is 4.79 Å². The number of nitrogens with zero attached hydrogens (tertiary/aromatic N) is 1. The summed E-state index contributed by atoms with van der Waals surface area (Å²) in [5.41, 5.74) is 0. The van der Waals surface area contributed by atoms with E-state index in [-0.39, 0.29) is 12.0 Å². The third-order valence-electron chi connectivity index (χ3n) is 2.51. The molecule has 0 amide bonds. The summed E-state index contributed by atoms with van der Waals surface area (Å²) in [7, 11) is 3.86. The van der Waals surface area contributed by atoms with E-state index in [1.165, 1.54) is 19.3 Å². The van der Waals surface area contributed by atoms with Crippen molar-refractivity contribution in [2.75, 3.05) is 20.7 Å². The minimum absolute atomic E-state index is 0.0678. The standard InChI is InChI=1S/C12H25NO2/c1-5-7-8-9-10-11(13(3)4)12(14)15-6-2/h11H,5-10H2,1-4H3. The molecule has 0 bridgehead atoms. The summed E-state index contributed by atoms with van der Waals surface area (Å²) >= 11 is 0. The van der Waals surface area contributed by atoms with Crippen molar-refractivity contribution in [3.63, 3.8) is 0 Å². The topological polar surface area (TPSA) is 29.5 Å². The molecule has 0 N–H and O–H groups in total. The van der Waals surface area contributed by atoms with Gasteiger partial charge in [0.1, 0.15) is 6.04 Å². The van der Waals surface area contributed by atoms with Crippen molar-refractivity contribution in [1.29, 1.82) is 0 Å². The van der Waals surface area contributed by atoms with Crippen LogP contribution in [0.1, 0.15) is 46.0 Å². The maximum atomic E-state index is 11.6. The van der Waals surface area contributed by atoms with Crippen LogP contribution in [-0.4, -0.2) is 37.6 Å². The van der Waals surface area contributed by atoms with Gasteiger partial charge in [0.05, 0.1) is 6.61 Å². The number of carbonyl (C=O) groups excluding carboxylic acids is 1. The molecule has 15 heavy (non-hydrogen) atoms. The third-order valence-corrected chi connectivity index (χ3v) is 2.51. The van der Waals surface area contributed by atoms with Crippen LogP contribution in [-0.2, 0) is 9.53 Å². The molecule has 0 fully saturated rings. The van der Waals surface area contributed by atoms with E-state index in [1.54, 1.807) is 0 Å². The minimum atomic E-state index is -0.0843. The van der Waals surface area contributed by atoms with Crippen molar-refractivity contribution in [2.45, 2.75) is 52.0 Å². The van der Waals surface area contributed by atoms with Crippen LogP contribution in [0.3, 0.4) is 0 Å². The molecule has 3 nitrogen and oxygen atoms in total. The SMILES string of the molecule is CCCCCCC(C(=O)OCC)N(C)C. The molecule has 1 unspecified atom stereocenters. The van der Waals surface area contributed by atoms with E-state index in [4.69, 9.17) is 4.74 Å². The van der Waals surface area contributed by atoms with Gasteiger partial charge < -0.3 is 4.74 Å². The van der Waals surface area contributed by atoms with E-state index in [0.29, 0.717) is 6.61 Å². The molecule has 3 heteroatoms. The summed E-state index contributed by atoms with van der Waals surface area (Å²) in [5.74, 6) is -0.0843. The van der Waals surface area contributed by atoms with Crippen molar-refractivity contribution < 1.29 is 9.53 Å². The number of rotatable bonds is 8. The van der Waals surface area contributed by atoms with Gasteiger partial charge in [0, 0.05) is 0 Å². The Morgan fingerprint density at radius 2 is 1.87 bits per heavy atom. The molecule has 0 heterocycles. The van der Waals surface area contributed by atoms with E-state index < -0.39 is 0 Å². The molecule has 0 rings (SSSR count). The summed E-state index contributed by atoms with van der Waals surface area (Å²) in [6, 6.07) is -0.0678. The minimum Gasteiger partial charge on any atom is -0.465 e. The number of hydrogen-bond acceptors (Lipinski definition) is 3. The highest BCUT2D eigenvalue weighted by atomic mass is 16.5. The van der Waals surface area contributed by atoms with Gasteiger partial charge >= 0.3 is 5.97 Å². The first-order valence-corrected chi connectivity index (χ1v) is 5.96. The zero-order valence-electron chi connectivity index (χ0n) is 10.6. The average Bonchev–Trinajstić information content (AvgIpc) is 2.17. The fourth-order valence-electron chi connectivity index (χ4n) is 1.59. The summed E-state index contributed by atoms with van der Waals surface area (Å²) < 4.78 is 5.04. The Morgan fingerprint density at radius 1 is 1.20 bits per heavy atom. The van der Waals surface area contributed by atoms with Crippen LogP contribution < -0.4 is 0 Å². The van der Waals surface area contributed by atoms with Gasteiger partial charge in [-0.05, 0) is 27.4 Å². The second-order valence-electron chi connectivity index (χ2n) is 4.08. The van der Waals surface area contributed by atoms with Crippen LogP contribution in [0.2, 0.25) is 0 Å². The Labute approximate surface area is 93.8 Å². The first-order chi connectivity index (χ1) is 7.13. The summed E-state index contributed by atoms with van der Waals surface area (Å²) in [4.78, 5) is 13.5. The van der Waals surface area contributed by atoms with Crippen LogP contribution in [0.4, 0.5) is 0 Å². The van der Waals surface area contributed by atoms with E-state index in [1.807, 2.05) is 25.9 Å². The second kappa shape index (κ2) is 8.72. The Kier molecular flexibility index (Phi) is 8.38. The zero-order chi connectivity index (χ0) is 11.7. The Bertz CT molecular complexity index is 169.